The molecule has 142 valence electrons. The van der Waals surface area contributed by atoms with E-state index >= 15 is 0 Å². The summed E-state index contributed by atoms with van der Waals surface area (Å²) in [5.74, 6) is 1.64. The van der Waals surface area contributed by atoms with Crippen LogP contribution in [0.3, 0.4) is 0 Å². The van der Waals surface area contributed by atoms with Gasteiger partial charge < -0.3 is 9.64 Å². The summed E-state index contributed by atoms with van der Waals surface area (Å²) in [6.07, 6.45) is 4.45. The maximum absolute atomic E-state index is 6.04. The van der Waals surface area contributed by atoms with Gasteiger partial charge in [0.15, 0.2) is 0 Å². The highest BCUT2D eigenvalue weighted by Crippen LogP contribution is 2.23. The molecule has 0 aliphatic carbocycles. The second-order valence-corrected chi connectivity index (χ2v) is 8.46. The first kappa shape index (κ1) is 20.2. The average molecular weight is 340 g/mol. The van der Waals surface area contributed by atoms with Crippen LogP contribution in [-0.4, -0.2) is 79.4 Å². The number of piperazine rings is 1. The zero-order valence-electron chi connectivity index (χ0n) is 16.8. The molecule has 2 heterocycles. The summed E-state index contributed by atoms with van der Waals surface area (Å²) in [6, 6.07) is 0.715. The van der Waals surface area contributed by atoms with E-state index < -0.39 is 0 Å². The van der Waals surface area contributed by atoms with Gasteiger partial charge in [0, 0.05) is 38.8 Å². The Balaban J connectivity index is 1.72. The van der Waals surface area contributed by atoms with Crippen molar-refractivity contribution in [3.63, 3.8) is 0 Å². The van der Waals surface area contributed by atoms with Crippen LogP contribution in [0.25, 0.3) is 0 Å². The fourth-order valence-corrected chi connectivity index (χ4v) is 4.20. The van der Waals surface area contributed by atoms with Crippen molar-refractivity contribution in [2.45, 2.75) is 66.2 Å². The molecule has 0 bridgehead atoms. The van der Waals surface area contributed by atoms with E-state index in [4.69, 9.17) is 4.74 Å². The van der Waals surface area contributed by atoms with Crippen molar-refractivity contribution < 1.29 is 4.74 Å². The second-order valence-electron chi connectivity index (χ2n) is 8.46. The number of piperidine rings is 1. The van der Waals surface area contributed by atoms with Crippen LogP contribution in [-0.2, 0) is 4.74 Å². The van der Waals surface area contributed by atoms with Crippen LogP contribution in [0.5, 0.6) is 0 Å². The molecule has 0 saturated carbocycles. The van der Waals surface area contributed by atoms with Crippen molar-refractivity contribution in [2.75, 3.05) is 52.4 Å². The number of rotatable bonds is 8. The first-order valence-corrected chi connectivity index (χ1v) is 10.3. The van der Waals surface area contributed by atoms with E-state index in [-0.39, 0.29) is 0 Å². The van der Waals surface area contributed by atoms with Crippen LogP contribution in [0, 0.1) is 11.8 Å². The van der Waals surface area contributed by atoms with Crippen molar-refractivity contribution in [1.29, 1.82) is 0 Å². The van der Waals surface area contributed by atoms with Crippen molar-refractivity contribution in [2.24, 2.45) is 11.8 Å². The van der Waals surface area contributed by atoms with Crippen LogP contribution >= 0.6 is 0 Å². The maximum Gasteiger partial charge on any atom is 0.123 e. The number of likely N-dealkylation sites (tertiary alicyclic amines) is 1. The zero-order chi connectivity index (χ0) is 17.5. The molecule has 0 N–H and O–H groups in total. The van der Waals surface area contributed by atoms with Gasteiger partial charge in [-0.3, -0.25) is 9.80 Å². The van der Waals surface area contributed by atoms with Gasteiger partial charge in [0.1, 0.15) is 6.23 Å². The lowest BCUT2D eigenvalue weighted by Crippen LogP contribution is -2.55. The van der Waals surface area contributed by atoms with Gasteiger partial charge in [-0.05, 0) is 71.5 Å². The number of hydrogen-bond acceptors (Lipinski definition) is 4. The van der Waals surface area contributed by atoms with E-state index in [1.165, 1.54) is 45.4 Å². The topological polar surface area (TPSA) is 19.0 Å². The van der Waals surface area contributed by atoms with Gasteiger partial charge in [-0.15, -0.1) is 0 Å². The molecule has 0 spiro atoms. The molecule has 1 atom stereocenters. The Bertz CT molecular complexity index is 340. The Labute approximate surface area is 150 Å². The summed E-state index contributed by atoms with van der Waals surface area (Å²) >= 11 is 0. The molecule has 4 heteroatoms. The third-order valence-electron chi connectivity index (χ3n) is 5.72. The minimum atomic E-state index is 0.300. The standard InChI is InChI=1S/C20H41N3O/c1-6-24-20-16-21(13-14-23(20)15-17(2)3)10-7-19-8-11-22(12-9-19)18(4)5/h17-20H,6-16H2,1-5H3. The molecule has 0 aromatic rings. The zero-order valence-corrected chi connectivity index (χ0v) is 16.8. The van der Waals surface area contributed by atoms with Gasteiger partial charge in [-0.2, -0.15) is 0 Å². The SMILES string of the molecule is CCOC1CN(CCC2CCN(C(C)C)CC2)CCN1CC(C)C. The minimum Gasteiger partial charge on any atom is -0.362 e. The number of ether oxygens (including phenoxy) is 1. The fraction of sp³-hybridized carbons (Fsp3) is 1.00. The predicted octanol–water partition coefficient (Wildman–Crippen LogP) is 3.13. The summed E-state index contributed by atoms with van der Waals surface area (Å²) in [6.45, 7) is 20.7. The lowest BCUT2D eigenvalue weighted by Gasteiger charge is -2.42. The smallest absolute Gasteiger partial charge is 0.123 e. The lowest BCUT2D eigenvalue weighted by molar-refractivity contribution is -0.102. The molecule has 2 fully saturated rings. The van der Waals surface area contributed by atoms with Crippen LogP contribution in [0.4, 0.5) is 0 Å². The monoisotopic (exact) mass is 339 g/mol. The van der Waals surface area contributed by atoms with Crippen LogP contribution in [0.1, 0.15) is 53.9 Å². The first-order valence-electron chi connectivity index (χ1n) is 10.3. The summed E-state index contributed by atoms with van der Waals surface area (Å²) in [5, 5.41) is 0. The Hall–Kier alpha value is -0.160. The Kier molecular flexibility index (Phi) is 8.48. The average Bonchev–Trinajstić information content (AvgIpc) is 2.55. The molecule has 0 radical (unpaired) electrons. The summed E-state index contributed by atoms with van der Waals surface area (Å²) in [5.41, 5.74) is 0. The van der Waals surface area contributed by atoms with Gasteiger partial charge in [-0.25, -0.2) is 0 Å². The van der Waals surface area contributed by atoms with Gasteiger partial charge in [0.25, 0.3) is 0 Å². The fourth-order valence-electron chi connectivity index (χ4n) is 4.20. The third kappa shape index (κ3) is 6.29. The highest BCUT2D eigenvalue weighted by Gasteiger charge is 2.28. The largest absolute Gasteiger partial charge is 0.362 e. The van der Waals surface area contributed by atoms with Gasteiger partial charge >= 0.3 is 0 Å². The Morgan fingerprint density at radius 2 is 1.71 bits per heavy atom. The van der Waals surface area contributed by atoms with E-state index in [2.05, 4.69) is 49.3 Å². The second kappa shape index (κ2) is 10.1. The Morgan fingerprint density at radius 3 is 2.29 bits per heavy atom. The maximum atomic E-state index is 6.04. The van der Waals surface area contributed by atoms with Crippen molar-refractivity contribution >= 4 is 0 Å². The van der Waals surface area contributed by atoms with Gasteiger partial charge in [-0.1, -0.05) is 13.8 Å². The van der Waals surface area contributed by atoms with E-state index in [0.717, 1.165) is 32.2 Å². The predicted molar refractivity (Wildman–Crippen MR) is 102 cm³/mol. The summed E-state index contributed by atoms with van der Waals surface area (Å²) in [4.78, 5) is 7.82. The van der Waals surface area contributed by atoms with Crippen LogP contribution < -0.4 is 0 Å². The van der Waals surface area contributed by atoms with Crippen LogP contribution in [0.15, 0.2) is 0 Å². The molecule has 0 amide bonds. The summed E-state index contributed by atoms with van der Waals surface area (Å²) < 4.78 is 6.04. The lowest BCUT2D eigenvalue weighted by atomic mass is 9.92. The normalized spacial score (nSPS) is 25.9. The molecule has 24 heavy (non-hydrogen) atoms. The van der Waals surface area contributed by atoms with Gasteiger partial charge in [0.05, 0.1) is 0 Å². The molecule has 2 saturated heterocycles. The molecular weight excluding hydrogens is 298 g/mol. The summed E-state index contributed by atoms with van der Waals surface area (Å²) in [7, 11) is 0. The Morgan fingerprint density at radius 1 is 1.00 bits per heavy atom. The molecule has 2 aliphatic rings. The van der Waals surface area contributed by atoms with E-state index in [1.54, 1.807) is 0 Å². The van der Waals surface area contributed by atoms with Crippen molar-refractivity contribution in [3.05, 3.63) is 0 Å². The van der Waals surface area contributed by atoms with Crippen LogP contribution in [0.2, 0.25) is 0 Å². The molecule has 1 unspecified atom stereocenters. The third-order valence-corrected chi connectivity index (χ3v) is 5.72. The van der Waals surface area contributed by atoms with E-state index in [0.29, 0.717) is 18.2 Å². The number of hydrogen-bond donors (Lipinski definition) is 0. The molecular formula is C20H41N3O. The van der Waals surface area contributed by atoms with Crippen molar-refractivity contribution in [1.82, 2.24) is 14.7 Å². The molecule has 0 aromatic carbocycles. The first-order chi connectivity index (χ1) is 11.5. The molecule has 2 aliphatic heterocycles. The highest BCUT2D eigenvalue weighted by molar-refractivity contribution is 4.80. The molecule has 4 nitrogen and oxygen atoms in total. The van der Waals surface area contributed by atoms with Crippen molar-refractivity contribution in [3.8, 4) is 0 Å². The van der Waals surface area contributed by atoms with E-state index in [1.807, 2.05) is 0 Å². The van der Waals surface area contributed by atoms with E-state index in [9.17, 15) is 0 Å². The van der Waals surface area contributed by atoms with Gasteiger partial charge in [0.2, 0.25) is 0 Å². The number of nitrogens with zero attached hydrogens (tertiary/aromatic N) is 3. The highest BCUT2D eigenvalue weighted by atomic mass is 16.5. The molecule has 0 aromatic heterocycles. The molecule has 2 rings (SSSR count). The minimum absolute atomic E-state index is 0.300. The quantitative estimate of drug-likeness (QED) is 0.676.